The lowest BCUT2D eigenvalue weighted by atomic mass is 10.1. The van der Waals surface area contributed by atoms with Crippen LogP contribution in [0.3, 0.4) is 0 Å². The van der Waals surface area contributed by atoms with E-state index in [0.29, 0.717) is 0 Å². The maximum Gasteiger partial charge on any atom is 0.294 e. The molecule has 13 heteroatoms. The van der Waals surface area contributed by atoms with Gasteiger partial charge in [0.05, 0.1) is 21.2 Å². The maximum absolute atomic E-state index is 12.8. The van der Waals surface area contributed by atoms with Gasteiger partial charge in [0.1, 0.15) is 5.71 Å². The van der Waals surface area contributed by atoms with Crippen LogP contribution in [-0.2, 0) is 29.5 Å². The molecule has 1 amide bonds. The Morgan fingerprint density at radius 2 is 1.55 bits per heavy atom. The first-order valence-electron chi connectivity index (χ1n) is 8.60. The highest BCUT2D eigenvalue weighted by atomic mass is 32.2. The summed E-state index contributed by atoms with van der Waals surface area (Å²) in [5.74, 6) is -1.21. The molecule has 0 spiro atoms. The molecule has 1 unspecified atom stereocenters. The van der Waals surface area contributed by atoms with Crippen molar-refractivity contribution in [1.29, 1.82) is 0 Å². The lowest BCUT2D eigenvalue weighted by molar-refractivity contribution is -0.118. The number of carbonyl (C=O) groups excluding carboxylic acids is 2. The molecule has 0 fully saturated rings. The monoisotopic (exact) mass is 464 g/mol. The summed E-state index contributed by atoms with van der Waals surface area (Å²) in [6.07, 6.45) is 1.06. The molecule has 0 radical (unpaired) electrons. The highest BCUT2D eigenvalue weighted by Gasteiger charge is 2.39. The lowest BCUT2D eigenvalue weighted by Crippen LogP contribution is -2.32. The SMILES string of the molecule is CC(=O)C1=NN(c2ccc(S(=O)(=O)O)cc2)C(=O)C1N=Nc1ccc(S(C)(=O)=O)cc1. The van der Waals surface area contributed by atoms with Crippen LogP contribution in [0.2, 0.25) is 0 Å². The molecule has 0 saturated carbocycles. The van der Waals surface area contributed by atoms with Gasteiger partial charge in [-0.25, -0.2) is 8.42 Å². The number of ketones is 1. The largest absolute Gasteiger partial charge is 0.294 e. The molecular formula is C18H16N4O7S2. The van der Waals surface area contributed by atoms with E-state index in [2.05, 4.69) is 15.3 Å². The number of anilines is 1. The van der Waals surface area contributed by atoms with Crippen LogP contribution in [0.15, 0.2) is 73.7 Å². The van der Waals surface area contributed by atoms with Gasteiger partial charge in [-0.05, 0) is 48.5 Å². The Kier molecular flexibility index (Phi) is 5.85. The highest BCUT2D eigenvalue weighted by molar-refractivity contribution is 7.90. The Morgan fingerprint density at radius 1 is 1.00 bits per heavy atom. The zero-order valence-corrected chi connectivity index (χ0v) is 17.8. The lowest BCUT2D eigenvalue weighted by Gasteiger charge is -2.12. The van der Waals surface area contributed by atoms with Crippen LogP contribution in [0.4, 0.5) is 11.4 Å². The van der Waals surface area contributed by atoms with Gasteiger partial charge in [0, 0.05) is 13.2 Å². The van der Waals surface area contributed by atoms with E-state index in [1.165, 1.54) is 43.3 Å². The van der Waals surface area contributed by atoms with Crippen LogP contribution in [0.1, 0.15) is 6.92 Å². The number of hydrogen-bond acceptors (Lipinski definition) is 9. The quantitative estimate of drug-likeness (QED) is 0.503. The minimum Gasteiger partial charge on any atom is -0.293 e. The zero-order valence-electron chi connectivity index (χ0n) is 16.2. The van der Waals surface area contributed by atoms with Crippen LogP contribution in [-0.4, -0.2) is 51.1 Å². The standard InChI is InChI=1S/C18H16N4O7S2/c1-11(23)16-17(20-19-12-3-7-14(8-4-12)30(2,25)26)18(24)22(21-16)13-5-9-15(10-6-13)31(27,28)29/h3-10,17H,1-2H3,(H,27,28,29). The van der Waals surface area contributed by atoms with Crippen LogP contribution < -0.4 is 5.01 Å². The summed E-state index contributed by atoms with van der Waals surface area (Å²) in [5, 5.41) is 12.7. The third kappa shape index (κ3) is 4.90. The highest BCUT2D eigenvalue weighted by Crippen LogP contribution is 2.25. The molecule has 2 aromatic rings. The van der Waals surface area contributed by atoms with Gasteiger partial charge in [0.25, 0.3) is 16.0 Å². The minimum atomic E-state index is -4.41. The average Bonchev–Trinajstić information content (AvgIpc) is 3.02. The first kappa shape index (κ1) is 22.4. The number of azo groups is 1. The van der Waals surface area contributed by atoms with Crippen molar-refractivity contribution < 1.29 is 31.0 Å². The molecule has 0 aliphatic carbocycles. The maximum atomic E-state index is 12.8. The molecule has 11 nitrogen and oxygen atoms in total. The van der Waals surface area contributed by atoms with Crippen LogP contribution in [0.25, 0.3) is 0 Å². The van der Waals surface area contributed by atoms with Gasteiger partial charge in [-0.1, -0.05) is 0 Å². The summed E-state index contributed by atoms with van der Waals surface area (Å²) in [5.41, 5.74) is 0.255. The number of hydrazone groups is 1. The van der Waals surface area contributed by atoms with Crippen LogP contribution in [0, 0.1) is 0 Å². The van der Waals surface area contributed by atoms with Crippen molar-refractivity contribution in [2.75, 3.05) is 11.3 Å². The summed E-state index contributed by atoms with van der Waals surface area (Å²) in [6, 6.07) is 8.79. The van der Waals surface area contributed by atoms with Crippen LogP contribution in [0.5, 0.6) is 0 Å². The number of benzene rings is 2. The number of amides is 1. The number of sulfone groups is 1. The fourth-order valence-electron chi connectivity index (χ4n) is 2.64. The molecule has 3 rings (SSSR count). The second-order valence-corrected chi connectivity index (χ2v) is 9.98. The topological polar surface area (TPSA) is 163 Å². The number of Topliss-reactive ketones (excluding diaryl/α,β-unsaturated/α-hetero) is 1. The molecule has 1 N–H and O–H groups in total. The van der Waals surface area contributed by atoms with Crippen molar-refractivity contribution in [3.63, 3.8) is 0 Å². The molecule has 2 aromatic carbocycles. The zero-order chi connectivity index (χ0) is 23.0. The first-order chi connectivity index (χ1) is 14.4. The fraction of sp³-hybridized carbons (Fsp3) is 0.167. The summed E-state index contributed by atoms with van der Waals surface area (Å²) in [7, 11) is -7.79. The van der Waals surface area contributed by atoms with E-state index in [0.717, 1.165) is 23.4 Å². The predicted molar refractivity (Wildman–Crippen MR) is 110 cm³/mol. The Labute approximate surface area is 177 Å². The third-order valence-corrected chi connectivity index (χ3v) is 6.20. The molecule has 1 aliphatic heterocycles. The average molecular weight is 464 g/mol. The molecular weight excluding hydrogens is 448 g/mol. The van der Waals surface area contributed by atoms with Gasteiger partial charge in [-0.15, -0.1) is 0 Å². The molecule has 1 atom stereocenters. The normalized spacial score (nSPS) is 17.3. The predicted octanol–water partition coefficient (Wildman–Crippen LogP) is 1.78. The Morgan fingerprint density at radius 3 is 2.03 bits per heavy atom. The van der Waals surface area contributed by atoms with Gasteiger partial charge in [-0.2, -0.15) is 28.8 Å². The Balaban J connectivity index is 1.88. The minimum absolute atomic E-state index is 0.0916. The van der Waals surface area contributed by atoms with Gasteiger partial charge in [0.2, 0.25) is 0 Å². The van der Waals surface area contributed by atoms with Gasteiger partial charge in [0.15, 0.2) is 21.7 Å². The molecule has 0 bridgehead atoms. The van der Waals surface area contributed by atoms with Crippen molar-refractivity contribution in [2.45, 2.75) is 22.8 Å². The van der Waals surface area contributed by atoms with E-state index < -0.39 is 37.7 Å². The summed E-state index contributed by atoms with van der Waals surface area (Å²) in [6.45, 7) is 1.21. The number of nitrogens with zero attached hydrogens (tertiary/aromatic N) is 4. The number of rotatable bonds is 6. The summed E-state index contributed by atoms with van der Waals surface area (Å²) >= 11 is 0. The van der Waals surface area contributed by atoms with Gasteiger partial charge < -0.3 is 0 Å². The number of hydrogen-bond donors (Lipinski definition) is 1. The second-order valence-electron chi connectivity index (χ2n) is 6.54. The van der Waals surface area contributed by atoms with Crippen molar-refractivity contribution in [3.8, 4) is 0 Å². The molecule has 1 heterocycles. The Hall–Kier alpha value is -3.29. The van der Waals surface area contributed by atoms with Crippen molar-refractivity contribution >= 4 is 48.7 Å². The van der Waals surface area contributed by atoms with Crippen molar-refractivity contribution in [3.05, 3.63) is 48.5 Å². The Bertz CT molecular complexity index is 1310. The molecule has 0 saturated heterocycles. The smallest absolute Gasteiger partial charge is 0.293 e. The van der Waals surface area contributed by atoms with E-state index >= 15 is 0 Å². The summed E-state index contributed by atoms with van der Waals surface area (Å²) in [4.78, 5) is 24.4. The molecule has 0 aromatic heterocycles. The van der Waals surface area contributed by atoms with E-state index in [1.54, 1.807) is 0 Å². The number of carbonyl (C=O) groups is 2. The third-order valence-electron chi connectivity index (χ3n) is 4.20. The van der Waals surface area contributed by atoms with E-state index in [9.17, 15) is 26.4 Å². The van der Waals surface area contributed by atoms with E-state index in [1.807, 2.05) is 0 Å². The van der Waals surface area contributed by atoms with E-state index in [-0.39, 0.29) is 26.9 Å². The molecule has 162 valence electrons. The molecule has 1 aliphatic rings. The van der Waals surface area contributed by atoms with Crippen molar-refractivity contribution in [1.82, 2.24) is 0 Å². The summed E-state index contributed by atoms with van der Waals surface area (Å²) < 4.78 is 54.4. The second kappa shape index (κ2) is 8.09. The first-order valence-corrected chi connectivity index (χ1v) is 11.9. The fourth-order valence-corrected chi connectivity index (χ4v) is 3.75. The van der Waals surface area contributed by atoms with E-state index in [4.69, 9.17) is 4.55 Å². The van der Waals surface area contributed by atoms with Gasteiger partial charge >= 0.3 is 0 Å². The van der Waals surface area contributed by atoms with Gasteiger partial charge in [-0.3, -0.25) is 14.1 Å². The molecule has 31 heavy (non-hydrogen) atoms. The van der Waals surface area contributed by atoms with Crippen LogP contribution >= 0.6 is 0 Å². The van der Waals surface area contributed by atoms with Crippen molar-refractivity contribution in [2.24, 2.45) is 15.3 Å².